The van der Waals surface area contributed by atoms with E-state index in [2.05, 4.69) is 32.5 Å². The van der Waals surface area contributed by atoms with E-state index in [0.717, 1.165) is 35.5 Å². The van der Waals surface area contributed by atoms with Crippen molar-refractivity contribution < 1.29 is 9.53 Å². The van der Waals surface area contributed by atoms with Crippen LogP contribution in [0, 0.1) is 0 Å². The molecule has 0 saturated heterocycles. The lowest BCUT2D eigenvalue weighted by molar-refractivity contribution is 0.0934. The molecular weight excluding hydrogens is 386 g/mol. The zero-order chi connectivity index (χ0) is 20.0. The second-order valence-electron chi connectivity index (χ2n) is 7.31. The average molecular weight is 407 g/mol. The number of rotatable bonds is 4. The third-order valence-electron chi connectivity index (χ3n) is 5.44. The van der Waals surface area contributed by atoms with Crippen LogP contribution < -0.4 is 10.1 Å². The maximum Gasteiger partial charge on any atom is 0.255 e. The van der Waals surface area contributed by atoms with Gasteiger partial charge in [-0.05, 0) is 43.0 Å². The Morgan fingerprint density at radius 2 is 2.31 bits per heavy atom. The summed E-state index contributed by atoms with van der Waals surface area (Å²) < 4.78 is 7.05. The zero-order valence-corrected chi connectivity index (χ0v) is 17.0. The van der Waals surface area contributed by atoms with E-state index >= 15 is 0 Å². The van der Waals surface area contributed by atoms with Gasteiger partial charge >= 0.3 is 0 Å². The van der Waals surface area contributed by atoms with E-state index in [1.54, 1.807) is 24.2 Å². The molecule has 1 aliphatic rings. The van der Waals surface area contributed by atoms with Crippen LogP contribution in [0.1, 0.15) is 28.0 Å². The summed E-state index contributed by atoms with van der Waals surface area (Å²) in [6.45, 7) is 0. The highest BCUT2D eigenvalue weighted by molar-refractivity contribution is 7.13. The van der Waals surface area contributed by atoms with Crippen LogP contribution >= 0.6 is 11.3 Å². The van der Waals surface area contributed by atoms with Crippen LogP contribution in [0.3, 0.4) is 0 Å². The van der Waals surface area contributed by atoms with Crippen LogP contribution in [0.2, 0.25) is 0 Å². The standard InChI is InChI=1S/C21H21N5O2S/c1-26-11-16(19(25-26)21-22-7-8-29-21)20(27)23-12-3-5-17-14(9-12)15-10-13(28-2)4-6-18(15)24-17/h4,6-8,10-12,24H,3,5,9H2,1-2H3,(H,23,27). The number of aromatic nitrogens is 4. The molecule has 0 bridgehead atoms. The monoisotopic (exact) mass is 407 g/mol. The van der Waals surface area contributed by atoms with Gasteiger partial charge in [-0.1, -0.05) is 0 Å². The van der Waals surface area contributed by atoms with E-state index in [1.165, 1.54) is 28.0 Å². The predicted octanol–water partition coefficient (Wildman–Crippen LogP) is 3.32. The average Bonchev–Trinajstić information content (AvgIpc) is 3.45. The van der Waals surface area contributed by atoms with Gasteiger partial charge in [-0.15, -0.1) is 11.3 Å². The molecule has 1 amide bonds. The van der Waals surface area contributed by atoms with Crippen LogP contribution in [0.4, 0.5) is 0 Å². The normalized spacial score (nSPS) is 16.0. The first-order valence-corrected chi connectivity index (χ1v) is 10.4. The van der Waals surface area contributed by atoms with Crippen molar-refractivity contribution in [3.05, 3.63) is 52.8 Å². The van der Waals surface area contributed by atoms with Gasteiger partial charge in [0, 0.05) is 47.5 Å². The van der Waals surface area contributed by atoms with E-state index < -0.39 is 0 Å². The molecule has 0 radical (unpaired) electrons. The fourth-order valence-corrected chi connectivity index (χ4v) is 4.70. The number of nitrogens with one attached hydrogen (secondary N) is 2. The molecular formula is C21H21N5O2S. The number of fused-ring (bicyclic) bond motifs is 3. The minimum atomic E-state index is -0.103. The Morgan fingerprint density at radius 3 is 3.10 bits per heavy atom. The molecule has 1 aromatic carbocycles. The van der Waals surface area contributed by atoms with E-state index in [0.29, 0.717) is 11.3 Å². The van der Waals surface area contributed by atoms with E-state index in [9.17, 15) is 4.79 Å². The van der Waals surface area contributed by atoms with Gasteiger partial charge in [0.1, 0.15) is 16.5 Å². The molecule has 5 rings (SSSR count). The number of methoxy groups -OCH3 is 1. The Balaban J connectivity index is 1.40. The van der Waals surface area contributed by atoms with Crippen molar-refractivity contribution >= 4 is 28.1 Å². The van der Waals surface area contributed by atoms with E-state index in [4.69, 9.17) is 4.74 Å². The molecule has 148 valence electrons. The number of carbonyl (C=O) groups is 1. The molecule has 4 aromatic rings. The van der Waals surface area contributed by atoms with E-state index in [-0.39, 0.29) is 11.9 Å². The molecule has 3 heterocycles. The van der Waals surface area contributed by atoms with Gasteiger partial charge in [0.25, 0.3) is 5.91 Å². The Bertz CT molecular complexity index is 1190. The third-order valence-corrected chi connectivity index (χ3v) is 6.22. The summed E-state index contributed by atoms with van der Waals surface area (Å²) in [5.41, 5.74) is 4.83. The first-order chi connectivity index (χ1) is 14.1. The largest absolute Gasteiger partial charge is 0.497 e. The number of carbonyl (C=O) groups excluding carboxylic acids is 1. The van der Waals surface area contributed by atoms with Gasteiger partial charge in [0.2, 0.25) is 0 Å². The van der Waals surface area contributed by atoms with Crippen molar-refractivity contribution in [2.24, 2.45) is 7.05 Å². The lowest BCUT2D eigenvalue weighted by atomic mass is 9.91. The Labute approximate surface area is 171 Å². The Hall–Kier alpha value is -3.13. The number of thiazole rings is 1. The maximum absolute atomic E-state index is 13.0. The van der Waals surface area contributed by atoms with Gasteiger partial charge in [-0.25, -0.2) is 4.98 Å². The molecule has 3 aromatic heterocycles. The summed E-state index contributed by atoms with van der Waals surface area (Å²) in [5, 5.41) is 11.5. The van der Waals surface area contributed by atoms with Gasteiger partial charge in [0.15, 0.2) is 0 Å². The summed E-state index contributed by atoms with van der Waals surface area (Å²) in [7, 11) is 3.50. The lowest BCUT2D eigenvalue weighted by Crippen LogP contribution is -2.38. The molecule has 1 unspecified atom stereocenters. The summed E-state index contributed by atoms with van der Waals surface area (Å²) in [4.78, 5) is 20.9. The molecule has 1 aliphatic carbocycles. The van der Waals surface area contributed by atoms with Gasteiger partial charge in [0.05, 0.1) is 12.7 Å². The Kier molecular flexibility index (Phi) is 4.35. The van der Waals surface area contributed by atoms with Crippen molar-refractivity contribution in [2.75, 3.05) is 7.11 Å². The third kappa shape index (κ3) is 3.19. The number of amides is 1. The van der Waals surface area contributed by atoms with Crippen molar-refractivity contribution in [2.45, 2.75) is 25.3 Å². The number of ether oxygens (including phenoxy) is 1. The van der Waals surface area contributed by atoms with Crippen molar-refractivity contribution in [1.29, 1.82) is 0 Å². The maximum atomic E-state index is 13.0. The van der Waals surface area contributed by atoms with Crippen LogP contribution in [0.5, 0.6) is 5.75 Å². The molecule has 0 fully saturated rings. The molecule has 8 heteroatoms. The minimum Gasteiger partial charge on any atom is -0.497 e. The molecule has 2 N–H and O–H groups in total. The fraction of sp³-hybridized carbons (Fsp3) is 0.286. The molecule has 29 heavy (non-hydrogen) atoms. The van der Waals surface area contributed by atoms with Crippen LogP contribution in [-0.4, -0.2) is 38.8 Å². The summed E-state index contributed by atoms with van der Waals surface area (Å²) in [5.74, 6) is 0.739. The Morgan fingerprint density at radius 1 is 1.41 bits per heavy atom. The van der Waals surface area contributed by atoms with Crippen LogP contribution in [0.25, 0.3) is 21.6 Å². The first-order valence-electron chi connectivity index (χ1n) is 9.54. The zero-order valence-electron chi connectivity index (χ0n) is 16.2. The summed E-state index contributed by atoms with van der Waals surface area (Å²) >= 11 is 1.48. The van der Waals surface area contributed by atoms with Crippen LogP contribution in [0.15, 0.2) is 36.0 Å². The highest BCUT2D eigenvalue weighted by Crippen LogP contribution is 2.32. The number of hydrogen-bond donors (Lipinski definition) is 2. The number of H-pyrrole nitrogens is 1. The summed E-state index contributed by atoms with van der Waals surface area (Å²) in [6, 6.07) is 6.16. The van der Waals surface area contributed by atoms with Crippen molar-refractivity contribution in [3.63, 3.8) is 0 Å². The quantitative estimate of drug-likeness (QED) is 0.543. The number of nitrogens with zero attached hydrogens (tertiary/aromatic N) is 3. The molecule has 1 atom stereocenters. The number of benzene rings is 1. The topological polar surface area (TPSA) is 84.8 Å². The second-order valence-corrected chi connectivity index (χ2v) is 8.20. The molecule has 7 nitrogen and oxygen atoms in total. The summed E-state index contributed by atoms with van der Waals surface area (Å²) in [6.07, 6.45) is 6.08. The molecule has 0 saturated carbocycles. The highest BCUT2D eigenvalue weighted by Gasteiger charge is 2.26. The lowest BCUT2D eigenvalue weighted by Gasteiger charge is -2.23. The number of aryl methyl sites for hydroxylation is 2. The number of aromatic amines is 1. The second kappa shape index (κ2) is 7.04. The fourth-order valence-electron chi connectivity index (χ4n) is 4.06. The molecule has 0 spiro atoms. The predicted molar refractivity (Wildman–Crippen MR) is 112 cm³/mol. The van der Waals surface area contributed by atoms with Gasteiger partial charge in [-0.3, -0.25) is 9.48 Å². The van der Waals surface area contributed by atoms with Gasteiger partial charge < -0.3 is 15.0 Å². The van der Waals surface area contributed by atoms with Crippen molar-refractivity contribution in [1.82, 2.24) is 25.1 Å². The smallest absolute Gasteiger partial charge is 0.255 e. The van der Waals surface area contributed by atoms with E-state index in [1.807, 2.05) is 18.5 Å². The van der Waals surface area contributed by atoms with Crippen molar-refractivity contribution in [3.8, 4) is 16.5 Å². The SMILES string of the molecule is COc1ccc2[nH]c3c(c2c1)CC(NC(=O)c1cn(C)nc1-c1nccs1)CC3. The minimum absolute atomic E-state index is 0.0737. The van der Waals surface area contributed by atoms with Gasteiger partial charge in [-0.2, -0.15) is 5.10 Å². The molecule has 0 aliphatic heterocycles. The highest BCUT2D eigenvalue weighted by atomic mass is 32.1. The number of hydrogen-bond acceptors (Lipinski definition) is 5. The first kappa shape index (κ1) is 17.9. The van der Waals surface area contributed by atoms with Crippen LogP contribution in [-0.2, 0) is 19.9 Å².